The molecule has 0 spiro atoms. The molecule has 0 fully saturated rings. The van der Waals surface area contributed by atoms with Crippen LogP contribution in [0.4, 0.5) is 0 Å². The van der Waals surface area contributed by atoms with Gasteiger partial charge in [0.2, 0.25) is 0 Å². The van der Waals surface area contributed by atoms with E-state index < -0.39 is 5.60 Å². The minimum Gasteiger partial charge on any atom is -0.389 e. The molecule has 1 nitrogen and oxygen atoms in total. The summed E-state index contributed by atoms with van der Waals surface area (Å²) in [4.78, 5) is 0. The number of hydrogen-bond donors (Lipinski definition) is 1. The molecule has 0 radical (unpaired) electrons. The molecule has 0 aromatic rings. The second-order valence-electron chi connectivity index (χ2n) is 4.02. The third-order valence-electron chi connectivity index (χ3n) is 3.18. The van der Waals surface area contributed by atoms with Crippen molar-refractivity contribution < 1.29 is 5.11 Å². The van der Waals surface area contributed by atoms with Gasteiger partial charge in [0.05, 0.1) is 5.60 Å². The van der Waals surface area contributed by atoms with E-state index in [1.54, 1.807) is 0 Å². The van der Waals surface area contributed by atoms with Gasteiger partial charge < -0.3 is 5.11 Å². The first-order valence-electron chi connectivity index (χ1n) is 4.37. The fourth-order valence-corrected chi connectivity index (χ4v) is 1.81. The fourth-order valence-electron chi connectivity index (χ4n) is 1.81. The molecule has 0 saturated carbocycles. The Labute approximate surface area is 69.1 Å². The molecule has 0 aromatic carbocycles. The van der Waals surface area contributed by atoms with Gasteiger partial charge in [0.15, 0.2) is 0 Å². The quantitative estimate of drug-likeness (QED) is 0.575. The highest BCUT2D eigenvalue weighted by Gasteiger charge is 2.40. The van der Waals surface area contributed by atoms with E-state index in [0.717, 1.165) is 6.42 Å². The van der Waals surface area contributed by atoms with Gasteiger partial charge in [-0.25, -0.2) is 0 Å². The molecule has 0 aromatic heterocycles. The van der Waals surface area contributed by atoms with Crippen LogP contribution in [0, 0.1) is 11.8 Å². The number of aliphatic hydroxyl groups is 1. The standard InChI is InChI=1S/C10H18O/c1-7(2)10(11)6-5-8(3)9(10)4/h5,7,9,11H,6H2,1-4H3/t9-,10+/m0/s1. The van der Waals surface area contributed by atoms with E-state index in [-0.39, 0.29) is 0 Å². The van der Waals surface area contributed by atoms with Crippen LogP contribution in [0.15, 0.2) is 11.6 Å². The molecule has 1 aliphatic carbocycles. The van der Waals surface area contributed by atoms with E-state index in [0.29, 0.717) is 11.8 Å². The molecule has 1 N–H and O–H groups in total. The molecule has 0 saturated heterocycles. The molecule has 1 heteroatoms. The van der Waals surface area contributed by atoms with Gasteiger partial charge in [-0.05, 0) is 19.3 Å². The first-order valence-corrected chi connectivity index (χ1v) is 4.37. The Morgan fingerprint density at radius 1 is 1.64 bits per heavy atom. The van der Waals surface area contributed by atoms with Crippen LogP contribution in [0.3, 0.4) is 0 Å². The average Bonchev–Trinajstić information content (AvgIpc) is 2.18. The van der Waals surface area contributed by atoms with Crippen molar-refractivity contribution in [2.75, 3.05) is 0 Å². The van der Waals surface area contributed by atoms with Gasteiger partial charge >= 0.3 is 0 Å². The largest absolute Gasteiger partial charge is 0.389 e. The van der Waals surface area contributed by atoms with E-state index in [1.807, 2.05) is 0 Å². The molecule has 1 rings (SSSR count). The van der Waals surface area contributed by atoms with E-state index in [1.165, 1.54) is 5.57 Å². The summed E-state index contributed by atoms with van der Waals surface area (Å²) >= 11 is 0. The Kier molecular flexibility index (Phi) is 2.10. The Balaban J connectivity index is 2.79. The summed E-state index contributed by atoms with van der Waals surface area (Å²) in [6.45, 7) is 8.38. The smallest absolute Gasteiger partial charge is 0.0766 e. The normalized spacial score (nSPS) is 38.0. The SMILES string of the molecule is CC1=CC[C@@](O)(C(C)C)[C@H]1C. The van der Waals surface area contributed by atoms with Crippen molar-refractivity contribution in [3.63, 3.8) is 0 Å². The van der Waals surface area contributed by atoms with Gasteiger partial charge in [-0.15, -0.1) is 0 Å². The van der Waals surface area contributed by atoms with Crippen molar-refractivity contribution in [2.24, 2.45) is 11.8 Å². The fraction of sp³-hybridized carbons (Fsp3) is 0.800. The van der Waals surface area contributed by atoms with Crippen molar-refractivity contribution in [1.29, 1.82) is 0 Å². The molecule has 0 heterocycles. The van der Waals surface area contributed by atoms with Gasteiger partial charge in [0.1, 0.15) is 0 Å². The van der Waals surface area contributed by atoms with E-state index in [2.05, 4.69) is 33.8 Å². The lowest BCUT2D eigenvalue weighted by molar-refractivity contribution is -0.0282. The summed E-state index contributed by atoms with van der Waals surface area (Å²) in [6, 6.07) is 0. The van der Waals surface area contributed by atoms with Crippen molar-refractivity contribution in [3.8, 4) is 0 Å². The van der Waals surface area contributed by atoms with Gasteiger partial charge in [-0.3, -0.25) is 0 Å². The third kappa shape index (κ3) is 1.22. The third-order valence-corrected chi connectivity index (χ3v) is 3.18. The Morgan fingerprint density at radius 2 is 2.18 bits per heavy atom. The molecule has 64 valence electrons. The Bertz CT molecular complexity index is 181. The molecule has 0 bridgehead atoms. The first kappa shape index (κ1) is 8.79. The van der Waals surface area contributed by atoms with Crippen LogP contribution in [0.25, 0.3) is 0 Å². The maximum absolute atomic E-state index is 10.2. The molecular weight excluding hydrogens is 136 g/mol. The number of rotatable bonds is 1. The molecule has 0 aliphatic heterocycles. The van der Waals surface area contributed by atoms with Gasteiger partial charge in [0.25, 0.3) is 0 Å². The molecule has 0 amide bonds. The summed E-state index contributed by atoms with van der Waals surface area (Å²) in [7, 11) is 0. The van der Waals surface area contributed by atoms with Crippen molar-refractivity contribution in [2.45, 2.75) is 39.7 Å². The molecule has 11 heavy (non-hydrogen) atoms. The van der Waals surface area contributed by atoms with Gasteiger partial charge in [0, 0.05) is 5.92 Å². The lowest BCUT2D eigenvalue weighted by Gasteiger charge is -2.33. The van der Waals surface area contributed by atoms with Gasteiger partial charge in [-0.1, -0.05) is 32.4 Å². The van der Waals surface area contributed by atoms with Crippen LogP contribution in [0.2, 0.25) is 0 Å². The molecule has 1 aliphatic rings. The number of hydrogen-bond acceptors (Lipinski definition) is 1. The minimum atomic E-state index is -0.468. The summed E-state index contributed by atoms with van der Waals surface area (Å²) in [5, 5.41) is 10.2. The van der Waals surface area contributed by atoms with Crippen LogP contribution in [-0.2, 0) is 0 Å². The Hall–Kier alpha value is -0.300. The molecule has 2 atom stereocenters. The van der Waals surface area contributed by atoms with E-state index in [4.69, 9.17) is 0 Å². The molecule has 0 unspecified atom stereocenters. The minimum absolute atomic E-state index is 0.336. The van der Waals surface area contributed by atoms with Crippen molar-refractivity contribution in [3.05, 3.63) is 11.6 Å². The highest BCUT2D eigenvalue weighted by Crippen LogP contribution is 2.39. The maximum atomic E-state index is 10.2. The first-order chi connectivity index (χ1) is 4.98. The lowest BCUT2D eigenvalue weighted by atomic mass is 9.80. The summed E-state index contributed by atoms with van der Waals surface area (Å²) in [5.74, 6) is 0.689. The topological polar surface area (TPSA) is 20.2 Å². The lowest BCUT2D eigenvalue weighted by Crippen LogP contribution is -2.38. The van der Waals surface area contributed by atoms with E-state index in [9.17, 15) is 5.11 Å². The van der Waals surface area contributed by atoms with Crippen LogP contribution < -0.4 is 0 Å². The van der Waals surface area contributed by atoms with Crippen molar-refractivity contribution >= 4 is 0 Å². The van der Waals surface area contributed by atoms with Crippen molar-refractivity contribution in [1.82, 2.24) is 0 Å². The van der Waals surface area contributed by atoms with Crippen LogP contribution in [0.5, 0.6) is 0 Å². The zero-order valence-corrected chi connectivity index (χ0v) is 7.89. The maximum Gasteiger partial charge on any atom is 0.0766 e. The second kappa shape index (κ2) is 2.63. The monoisotopic (exact) mass is 154 g/mol. The summed E-state index contributed by atoms with van der Waals surface area (Å²) in [5.41, 5.74) is 0.866. The highest BCUT2D eigenvalue weighted by atomic mass is 16.3. The van der Waals surface area contributed by atoms with Gasteiger partial charge in [-0.2, -0.15) is 0 Å². The summed E-state index contributed by atoms with van der Waals surface area (Å²) in [6.07, 6.45) is 2.99. The predicted octanol–water partition coefficient (Wildman–Crippen LogP) is 2.36. The molecular formula is C10H18O. The zero-order chi connectivity index (χ0) is 8.65. The van der Waals surface area contributed by atoms with E-state index >= 15 is 0 Å². The second-order valence-corrected chi connectivity index (χ2v) is 4.02. The van der Waals surface area contributed by atoms with Crippen LogP contribution >= 0.6 is 0 Å². The van der Waals surface area contributed by atoms with Crippen LogP contribution in [0.1, 0.15) is 34.1 Å². The average molecular weight is 154 g/mol. The summed E-state index contributed by atoms with van der Waals surface area (Å²) < 4.78 is 0. The van der Waals surface area contributed by atoms with Crippen LogP contribution in [-0.4, -0.2) is 10.7 Å². The Morgan fingerprint density at radius 3 is 2.36 bits per heavy atom. The predicted molar refractivity (Wildman–Crippen MR) is 47.3 cm³/mol. The highest BCUT2D eigenvalue weighted by molar-refractivity contribution is 5.18. The zero-order valence-electron chi connectivity index (χ0n) is 7.89.